The van der Waals surface area contributed by atoms with Crippen LogP contribution >= 0.6 is 11.8 Å². The topological polar surface area (TPSA) is 70.7 Å². The fourth-order valence-corrected chi connectivity index (χ4v) is 2.51. The van der Waals surface area contributed by atoms with E-state index in [0.29, 0.717) is 10.9 Å². The van der Waals surface area contributed by atoms with Crippen LogP contribution in [0.1, 0.15) is 30.3 Å². The van der Waals surface area contributed by atoms with Crippen molar-refractivity contribution in [3.8, 4) is 0 Å². The first-order valence-electron chi connectivity index (χ1n) is 7.00. The van der Waals surface area contributed by atoms with Crippen LogP contribution in [0.2, 0.25) is 0 Å². The third-order valence-corrected chi connectivity index (χ3v) is 4.06. The molecule has 0 atom stereocenters. The molecular formula is C15H20N4OS. The molecule has 1 aromatic heterocycles. The molecule has 1 aromatic carbocycles. The summed E-state index contributed by atoms with van der Waals surface area (Å²) in [7, 11) is 0. The van der Waals surface area contributed by atoms with Crippen molar-refractivity contribution in [2.75, 3.05) is 11.1 Å². The highest BCUT2D eigenvalue weighted by molar-refractivity contribution is 7.99. The second-order valence-corrected chi connectivity index (χ2v) is 5.84. The molecule has 0 unspecified atom stereocenters. The van der Waals surface area contributed by atoms with Gasteiger partial charge in [0.25, 0.3) is 0 Å². The average Bonchev–Trinajstić information content (AvgIpc) is 2.90. The normalized spacial score (nSPS) is 10.6. The van der Waals surface area contributed by atoms with E-state index in [2.05, 4.69) is 27.4 Å². The van der Waals surface area contributed by atoms with Gasteiger partial charge >= 0.3 is 0 Å². The second kappa shape index (κ2) is 7.26. The number of nitrogens with one attached hydrogen (secondary N) is 2. The van der Waals surface area contributed by atoms with Crippen LogP contribution in [-0.4, -0.2) is 26.8 Å². The molecule has 0 radical (unpaired) electrons. The van der Waals surface area contributed by atoms with Crippen molar-refractivity contribution in [3.05, 3.63) is 35.2 Å². The largest absolute Gasteiger partial charge is 0.325 e. The van der Waals surface area contributed by atoms with Gasteiger partial charge in [-0.05, 0) is 37.5 Å². The van der Waals surface area contributed by atoms with Gasteiger partial charge in [0.15, 0.2) is 0 Å². The molecule has 0 aliphatic carbocycles. The summed E-state index contributed by atoms with van der Waals surface area (Å²) >= 11 is 1.34. The molecule has 0 saturated carbocycles. The highest BCUT2D eigenvalue weighted by Crippen LogP contribution is 2.19. The molecule has 2 aromatic rings. The van der Waals surface area contributed by atoms with Crippen LogP contribution in [-0.2, 0) is 11.2 Å². The molecule has 1 heterocycles. The van der Waals surface area contributed by atoms with Crippen LogP contribution in [0.5, 0.6) is 0 Å². The Morgan fingerprint density at radius 2 is 2.19 bits per heavy atom. The van der Waals surface area contributed by atoms with Crippen LogP contribution in [0.4, 0.5) is 5.69 Å². The van der Waals surface area contributed by atoms with E-state index >= 15 is 0 Å². The molecule has 5 nitrogen and oxygen atoms in total. The molecule has 21 heavy (non-hydrogen) atoms. The number of H-pyrrole nitrogens is 1. The molecule has 0 aliphatic heterocycles. The minimum Gasteiger partial charge on any atom is -0.325 e. The first kappa shape index (κ1) is 15.6. The molecule has 0 fully saturated rings. The molecule has 2 N–H and O–H groups in total. The Balaban J connectivity index is 1.88. The molecule has 2 rings (SSSR count). The van der Waals surface area contributed by atoms with Crippen LogP contribution in [0.25, 0.3) is 0 Å². The van der Waals surface area contributed by atoms with Gasteiger partial charge in [0.2, 0.25) is 11.1 Å². The number of aryl methyl sites for hydroxylation is 2. The van der Waals surface area contributed by atoms with Gasteiger partial charge in [-0.2, -0.15) is 0 Å². The Bertz CT molecular complexity index is 624. The number of aromatic nitrogens is 3. The Morgan fingerprint density at radius 3 is 2.95 bits per heavy atom. The number of anilines is 1. The van der Waals surface area contributed by atoms with Crippen molar-refractivity contribution < 1.29 is 4.79 Å². The van der Waals surface area contributed by atoms with E-state index in [0.717, 1.165) is 29.9 Å². The zero-order valence-electron chi connectivity index (χ0n) is 12.6. The lowest BCUT2D eigenvalue weighted by Gasteiger charge is -2.09. The summed E-state index contributed by atoms with van der Waals surface area (Å²) in [5.41, 5.74) is 3.12. The minimum atomic E-state index is -0.0458. The molecule has 0 saturated heterocycles. The maximum atomic E-state index is 12.0. The van der Waals surface area contributed by atoms with Crippen LogP contribution in [0.15, 0.2) is 23.4 Å². The summed E-state index contributed by atoms with van der Waals surface area (Å²) in [4.78, 5) is 16.3. The average molecular weight is 304 g/mol. The number of carbonyl (C=O) groups is 1. The summed E-state index contributed by atoms with van der Waals surface area (Å²) in [6.07, 6.45) is 1.90. The van der Waals surface area contributed by atoms with Gasteiger partial charge < -0.3 is 5.32 Å². The fraction of sp³-hybridized carbons (Fsp3) is 0.400. The lowest BCUT2D eigenvalue weighted by molar-refractivity contribution is -0.113. The predicted molar refractivity (Wildman–Crippen MR) is 85.6 cm³/mol. The number of carbonyl (C=O) groups excluding carboxylic acids is 1. The molecule has 6 heteroatoms. The molecular weight excluding hydrogens is 284 g/mol. The zero-order chi connectivity index (χ0) is 15.2. The zero-order valence-corrected chi connectivity index (χ0v) is 13.4. The van der Waals surface area contributed by atoms with E-state index in [1.54, 1.807) is 0 Å². The second-order valence-electron chi connectivity index (χ2n) is 4.90. The van der Waals surface area contributed by atoms with E-state index < -0.39 is 0 Å². The highest BCUT2D eigenvalue weighted by Gasteiger charge is 2.09. The van der Waals surface area contributed by atoms with Gasteiger partial charge in [0.05, 0.1) is 5.75 Å². The van der Waals surface area contributed by atoms with E-state index in [-0.39, 0.29) is 5.91 Å². The summed E-state index contributed by atoms with van der Waals surface area (Å²) in [5.74, 6) is 1.13. The van der Waals surface area contributed by atoms with Crippen molar-refractivity contribution in [1.29, 1.82) is 0 Å². The highest BCUT2D eigenvalue weighted by atomic mass is 32.2. The minimum absolute atomic E-state index is 0.0458. The Labute approximate surface area is 128 Å². The van der Waals surface area contributed by atoms with E-state index in [1.807, 2.05) is 32.0 Å². The number of nitrogens with zero attached hydrogens (tertiary/aromatic N) is 2. The van der Waals surface area contributed by atoms with Crippen molar-refractivity contribution in [2.45, 2.75) is 38.8 Å². The van der Waals surface area contributed by atoms with Gasteiger partial charge in [0, 0.05) is 12.1 Å². The third-order valence-electron chi connectivity index (χ3n) is 3.21. The Morgan fingerprint density at radius 1 is 1.38 bits per heavy atom. The first-order valence-corrected chi connectivity index (χ1v) is 7.99. The third kappa shape index (κ3) is 4.32. The standard InChI is InChI=1S/C15H20N4OS/c1-4-6-13-17-15(19-18-13)21-9-14(20)16-12-8-5-7-10(2)11(12)3/h5,7-8H,4,6,9H2,1-3H3,(H,16,20)(H,17,18,19). The number of amides is 1. The van der Waals surface area contributed by atoms with Crippen LogP contribution in [0.3, 0.4) is 0 Å². The smallest absolute Gasteiger partial charge is 0.234 e. The number of hydrogen-bond donors (Lipinski definition) is 2. The quantitative estimate of drug-likeness (QED) is 0.804. The summed E-state index contributed by atoms with van der Waals surface area (Å²) in [6.45, 7) is 6.12. The Hall–Kier alpha value is -1.82. The number of benzene rings is 1. The van der Waals surface area contributed by atoms with E-state index in [4.69, 9.17) is 0 Å². The predicted octanol–water partition coefficient (Wildman–Crippen LogP) is 3.10. The van der Waals surface area contributed by atoms with Gasteiger partial charge in [-0.3, -0.25) is 9.89 Å². The Kier molecular flexibility index (Phi) is 5.38. The van der Waals surface area contributed by atoms with Crippen LogP contribution in [0, 0.1) is 13.8 Å². The van der Waals surface area contributed by atoms with E-state index in [1.165, 1.54) is 17.3 Å². The van der Waals surface area contributed by atoms with Crippen molar-refractivity contribution in [1.82, 2.24) is 15.2 Å². The number of rotatable bonds is 6. The maximum absolute atomic E-state index is 12.0. The first-order chi connectivity index (χ1) is 10.1. The van der Waals surface area contributed by atoms with E-state index in [9.17, 15) is 4.79 Å². The lowest BCUT2D eigenvalue weighted by Crippen LogP contribution is -2.15. The molecule has 112 valence electrons. The number of hydrogen-bond acceptors (Lipinski definition) is 4. The van der Waals surface area contributed by atoms with Gasteiger partial charge in [-0.1, -0.05) is 30.8 Å². The van der Waals surface area contributed by atoms with Gasteiger partial charge in [-0.15, -0.1) is 5.10 Å². The summed E-state index contributed by atoms with van der Waals surface area (Å²) in [6, 6.07) is 5.89. The molecule has 0 bridgehead atoms. The van der Waals surface area contributed by atoms with Gasteiger partial charge in [-0.25, -0.2) is 4.98 Å². The maximum Gasteiger partial charge on any atom is 0.234 e. The molecule has 0 spiro atoms. The summed E-state index contributed by atoms with van der Waals surface area (Å²) < 4.78 is 0. The lowest BCUT2D eigenvalue weighted by atomic mass is 10.1. The molecule has 1 amide bonds. The monoisotopic (exact) mass is 304 g/mol. The van der Waals surface area contributed by atoms with Crippen molar-refractivity contribution in [3.63, 3.8) is 0 Å². The summed E-state index contributed by atoms with van der Waals surface area (Å²) in [5, 5.41) is 10.5. The number of aromatic amines is 1. The van der Waals surface area contributed by atoms with Crippen molar-refractivity contribution in [2.24, 2.45) is 0 Å². The van der Waals surface area contributed by atoms with Crippen LogP contribution < -0.4 is 5.32 Å². The number of thioether (sulfide) groups is 1. The van der Waals surface area contributed by atoms with Crippen molar-refractivity contribution >= 4 is 23.4 Å². The SMILES string of the molecule is CCCc1nc(SCC(=O)Nc2cccc(C)c2C)n[nH]1. The fourth-order valence-electron chi connectivity index (χ4n) is 1.89. The molecule has 0 aliphatic rings. The van der Waals surface area contributed by atoms with Gasteiger partial charge in [0.1, 0.15) is 5.82 Å².